The van der Waals surface area contributed by atoms with Crippen LogP contribution in [0.25, 0.3) is 0 Å². The van der Waals surface area contributed by atoms with Crippen molar-refractivity contribution >= 4 is 27.8 Å². The molecule has 1 saturated heterocycles. The second-order valence-corrected chi connectivity index (χ2v) is 7.07. The predicted octanol–water partition coefficient (Wildman–Crippen LogP) is 2.64. The van der Waals surface area contributed by atoms with E-state index < -0.39 is 0 Å². The van der Waals surface area contributed by atoms with Crippen LogP contribution in [0.4, 0.5) is 10.7 Å². The van der Waals surface area contributed by atoms with Crippen LogP contribution in [0.1, 0.15) is 46.8 Å². The number of anilines is 2. The van der Waals surface area contributed by atoms with Gasteiger partial charge in [-0.1, -0.05) is 0 Å². The maximum Gasteiger partial charge on any atom is 0.178 e. The van der Waals surface area contributed by atoms with Crippen molar-refractivity contribution in [1.82, 2.24) is 0 Å². The van der Waals surface area contributed by atoms with Crippen molar-refractivity contribution in [1.29, 1.82) is 0 Å². The summed E-state index contributed by atoms with van der Waals surface area (Å²) >= 11 is 1.63. The minimum atomic E-state index is 0.251. The lowest BCUT2D eigenvalue weighted by Gasteiger charge is -2.28. The van der Waals surface area contributed by atoms with E-state index >= 15 is 0 Å². The van der Waals surface area contributed by atoms with Gasteiger partial charge in [0.1, 0.15) is 0 Å². The molecule has 2 N–H and O–H groups in total. The summed E-state index contributed by atoms with van der Waals surface area (Å²) in [4.78, 5) is 15.6. The van der Waals surface area contributed by atoms with Crippen LogP contribution in [0.2, 0.25) is 0 Å². The van der Waals surface area contributed by atoms with Gasteiger partial charge in [-0.3, -0.25) is 4.79 Å². The number of nitrogens with two attached hydrogens (primary N) is 1. The fourth-order valence-electron chi connectivity index (χ4n) is 2.93. The molecule has 0 spiro atoms. The summed E-state index contributed by atoms with van der Waals surface area (Å²) in [5.74, 6) is 1.12. The Kier molecular flexibility index (Phi) is 3.00. The molecule has 1 aliphatic heterocycles. The van der Waals surface area contributed by atoms with E-state index in [0.29, 0.717) is 5.92 Å². The molecule has 1 aromatic rings. The molecule has 2 heterocycles. The van der Waals surface area contributed by atoms with E-state index in [1.165, 1.54) is 23.4 Å². The quantitative estimate of drug-likeness (QED) is 0.867. The first-order valence-corrected chi connectivity index (χ1v) is 8.36. The molecule has 0 aromatic carbocycles. The van der Waals surface area contributed by atoms with E-state index in [-0.39, 0.29) is 11.7 Å². The van der Waals surface area contributed by atoms with Crippen LogP contribution in [0, 0.1) is 5.92 Å². The number of ether oxygens (including phenoxy) is 1. The SMILES string of the molecule is Nc1c(C(=O)C2CC2)sc(N2CCOCC2)c1C1CC1. The smallest absolute Gasteiger partial charge is 0.178 e. The number of carbonyl (C=O) groups excluding carboxylic acids is 1. The third-order valence-corrected chi connectivity index (χ3v) is 5.72. The Morgan fingerprint density at radius 3 is 2.50 bits per heavy atom. The molecule has 2 aliphatic carbocycles. The highest BCUT2D eigenvalue weighted by Gasteiger charge is 2.38. The summed E-state index contributed by atoms with van der Waals surface area (Å²) in [5, 5.41) is 1.25. The summed E-state index contributed by atoms with van der Waals surface area (Å²) in [6.45, 7) is 3.37. The molecule has 5 heteroatoms. The first-order valence-electron chi connectivity index (χ1n) is 7.54. The van der Waals surface area contributed by atoms with Gasteiger partial charge in [-0.15, -0.1) is 11.3 Å². The van der Waals surface area contributed by atoms with E-state index in [1.54, 1.807) is 11.3 Å². The lowest BCUT2D eigenvalue weighted by atomic mass is 10.1. The van der Waals surface area contributed by atoms with Crippen molar-refractivity contribution in [2.45, 2.75) is 31.6 Å². The number of hydrogen-bond donors (Lipinski definition) is 1. The second-order valence-electron chi connectivity index (χ2n) is 6.08. The Labute approximate surface area is 122 Å². The first kappa shape index (κ1) is 12.7. The van der Waals surface area contributed by atoms with Crippen LogP contribution in [0.3, 0.4) is 0 Å². The van der Waals surface area contributed by atoms with Crippen LogP contribution in [0.15, 0.2) is 0 Å². The molecular weight excluding hydrogens is 272 g/mol. The molecule has 3 aliphatic rings. The molecule has 0 radical (unpaired) electrons. The van der Waals surface area contributed by atoms with Crippen LogP contribution in [-0.2, 0) is 4.74 Å². The number of hydrogen-bond acceptors (Lipinski definition) is 5. The maximum absolute atomic E-state index is 12.4. The first-order chi connectivity index (χ1) is 9.75. The summed E-state index contributed by atoms with van der Waals surface area (Å²) in [7, 11) is 0. The number of carbonyl (C=O) groups is 1. The number of Topliss-reactive ketones (excluding diaryl/α,β-unsaturated/α-hetero) is 1. The topological polar surface area (TPSA) is 55.6 Å². The Bertz CT molecular complexity index is 540. The van der Waals surface area contributed by atoms with Gasteiger partial charge in [-0.25, -0.2) is 0 Å². The molecule has 0 amide bonds. The van der Waals surface area contributed by atoms with E-state index in [4.69, 9.17) is 10.5 Å². The van der Waals surface area contributed by atoms with Crippen molar-refractivity contribution in [3.05, 3.63) is 10.4 Å². The highest BCUT2D eigenvalue weighted by molar-refractivity contribution is 7.19. The minimum absolute atomic E-state index is 0.251. The van der Waals surface area contributed by atoms with Crippen LogP contribution < -0.4 is 10.6 Å². The second kappa shape index (κ2) is 4.74. The van der Waals surface area contributed by atoms with Gasteiger partial charge in [0.05, 0.1) is 28.8 Å². The number of nitrogens with zero attached hydrogens (tertiary/aromatic N) is 1. The Hall–Kier alpha value is -1.07. The zero-order valence-corrected chi connectivity index (χ0v) is 12.4. The van der Waals surface area contributed by atoms with Gasteiger partial charge in [0.15, 0.2) is 5.78 Å². The van der Waals surface area contributed by atoms with Gasteiger partial charge >= 0.3 is 0 Å². The van der Waals surface area contributed by atoms with Gasteiger partial charge in [-0.2, -0.15) is 0 Å². The summed E-state index contributed by atoms with van der Waals surface area (Å²) in [5.41, 5.74) is 8.40. The van der Waals surface area contributed by atoms with E-state index in [2.05, 4.69) is 4.90 Å². The maximum atomic E-state index is 12.4. The fraction of sp³-hybridized carbons (Fsp3) is 0.667. The average molecular weight is 292 g/mol. The standard InChI is InChI=1S/C15H20N2O2S/c16-12-11(9-1-2-9)15(17-5-7-19-8-6-17)20-14(12)13(18)10-3-4-10/h9-10H,1-8,16H2. The van der Waals surface area contributed by atoms with Crippen molar-refractivity contribution < 1.29 is 9.53 Å². The summed E-state index contributed by atoms with van der Waals surface area (Å²) in [6.07, 6.45) is 4.52. The van der Waals surface area contributed by atoms with Crippen LogP contribution in [-0.4, -0.2) is 32.1 Å². The molecule has 4 rings (SSSR count). The van der Waals surface area contributed by atoms with Crippen molar-refractivity contribution in [2.75, 3.05) is 36.9 Å². The zero-order valence-electron chi connectivity index (χ0n) is 11.6. The van der Waals surface area contributed by atoms with E-state index in [1.807, 2.05) is 0 Å². The average Bonchev–Trinajstić information content (AvgIpc) is 3.37. The largest absolute Gasteiger partial charge is 0.397 e. The van der Waals surface area contributed by atoms with Gasteiger partial charge in [0.2, 0.25) is 0 Å². The van der Waals surface area contributed by atoms with Crippen molar-refractivity contribution in [3.63, 3.8) is 0 Å². The number of ketones is 1. The molecule has 3 fully saturated rings. The number of morpholine rings is 1. The van der Waals surface area contributed by atoms with Gasteiger partial charge in [-0.05, 0) is 31.6 Å². The van der Waals surface area contributed by atoms with Crippen LogP contribution in [0.5, 0.6) is 0 Å². The normalized spacial score (nSPS) is 23.1. The third kappa shape index (κ3) is 2.13. The Morgan fingerprint density at radius 2 is 1.90 bits per heavy atom. The van der Waals surface area contributed by atoms with Crippen LogP contribution >= 0.6 is 11.3 Å². The predicted molar refractivity (Wildman–Crippen MR) is 80.8 cm³/mol. The van der Waals surface area contributed by atoms with E-state index in [0.717, 1.165) is 49.7 Å². The van der Waals surface area contributed by atoms with Gasteiger partial charge in [0, 0.05) is 24.6 Å². The minimum Gasteiger partial charge on any atom is -0.397 e. The Morgan fingerprint density at radius 1 is 1.20 bits per heavy atom. The number of thiophene rings is 1. The van der Waals surface area contributed by atoms with Crippen molar-refractivity contribution in [3.8, 4) is 0 Å². The summed E-state index contributed by atoms with van der Waals surface area (Å²) in [6, 6.07) is 0. The van der Waals surface area contributed by atoms with Gasteiger partial charge in [0.25, 0.3) is 0 Å². The zero-order chi connectivity index (χ0) is 13.7. The highest BCUT2D eigenvalue weighted by Crippen LogP contribution is 2.53. The van der Waals surface area contributed by atoms with Gasteiger partial charge < -0.3 is 15.4 Å². The molecule has 108 valence electrons. The third-order valence-electron chi connectivity index (χ3n) is 4.42. The fourth-order valence-corrected chi connectivity index (χ4v) is 4.30. The molecule has 0 unspecified atom stereocenters. The highest BCUT2D eigenvalue weighted by atomic mass is 32.1. The van der Waals surface area contributed by atoms with Crippen molar-refractivity contribution in [2.24, 2.45) is 5.92 Å². The molecule has 1 aromatic heterocycles. The number of nitrogen functional groups attached to an aromatic ring is 1. The monoisotopic (exact) mass is 292 g/mol. The molecule has 20 heavy (non-hydrogen) atoms. The molecule has 2 saturated carbocycles. The molecule has 0 atom stereocenters. The molecular formula is C15H20N2O2S. The Balaban J connectivity index is 1.72. The number of rotatable bonds is 4. The lowest BCUT2D eigenvalue weighted by molar-refractivity contribution is 0.0972. The summed E-state index contributed by atoms with van der Waals surface area (Å²) < 4.78 is 5.43. The molecule has 0 bridgehead atoms. The molecule has 4 nitrogen and oxygen atoms in total. The van der Waals surface area contributed by atoms with E-state index in [9.17, 15) is 4.79 Å². The lowest BCUT2D eigenvalue weighted by Crippen LogP contribution is -2.36.